The van der Waals surface area contributed by atoms with Crippen LogP contribution in [-0.2, 0) is 6.42 Å². The molecule has 0 amide bonds. The fourth-order valence-corrected chi connectivity index (χ4v) is 5.67. The van der Waals surface area contributed by atoms with Crippen LogP contribution in [0.1, 0.15) is 38.7 Å². The van der Waals surface area contributed by atoms with Crippen LogP contribution >= 0.6 is 0 Å². The molecule has 6 aromatic carbocycles. The van der Waals surface area contributed by atoms with Crippen molar-refractivity contribution in [2.75, 3.05) is 0 Å². The third-order valence-electron chi connectivity index (χ3n) is 7.56. The largest absolute Gasteiger partial charge is 0.455 e. The molecular weight excluding hydrogens is 460 g/mol. The first-order chi connectivity index (χ1) is 18.7. The van der Waals surface area contributed by atoms with Gasteiger partial charge < -0.3 is 4.74 Å². The van der Waals surface area contributed by atoms with Gasteiger partial charge in [0.2, 0.25) is 0 Å². The fourth-order valence-electron chi connectivity index (χ4n) is 5.67. The Labute approximate surface area is 225 Å². The van der Waals surface area contributed by atoms with Gasteiger partial charge in [-0.05, 0) is 57.7 Å². The van der Waals surface area contributed by atoms with Crippen LogP contribution in [0.25, 0.3) is 43.4 Å². The summed E-state index contributed by atoms with van der Waals surface area (Å²) in [5, 5.41) is 7.02. The quantitative estimate of drug-likeness (QED) is 0.151. The van der Waals surface area contributed by atoms with Crippen molar-refractivity contribution in [3.05, 3.63) is 121 Å². The molecule has 0 aliphatic carbocycles. The summed E-state index contributed by atoms with van der Waals surface area (Å²) in [6, 6.07) is 41.2. The van der Waals surface area contributed by atoms with Gasteiger partial charge in [-0.3, -0.25) is 0 Å². The standard InChI is InChI=1S/C37H34O/c1-26(2)13-3-4-14-27-15-11-18-29(25-27)36-31-20-7-9-22-33(31)37(34-23-10-8-21-32(34)36)38-35-24-12-17-28-16-5-6-19-30(28)35/h5-12,15-26H,3-4,13-14H2,1-2H3. The molecule has 0 bridgehead atoms. The highest BCUT2D eigenvalue weighted by Gasteiger charge is 2.17. The van der Waals surface area contributed by atoms with E-state index < -0.39 is 0 Å². The van der Waals surface area contributed by atoms with E-state index in [2.05, 4.69) is 129 Å². The number of hydrogen-bond donors (Lipinski definition) is 0. The normalized spacial score (nSPS) is 11.6. The van der Waals surface area contributed by atoms with Gasteiger partial charge in [0.1, 0.15) is 11.5 Å². The highest BCUT2D eigenvalue weighted by Crippen LogP contribution is 2.45. The second-order valence-corrected chi connectivity index (χ2v) is 10.7. The summed E-state index contributed by atoms with van der Waals surface area (Å²) >= 11 is 0. The van der Waals surface area contributed by atoms with Crippen molar-refractivity contribution in [3.63, 3.8) is 0 Å². The lowest BCUT2D eigenvalue weighted by Gasteiger charge is -2.18. The molecule has 0 unspecified atom stereocenters. The molecular formula is C37H34O. The van der Waals surface area contributed by atoms with Crippen molar-refractivity contribution in [2.24, 2.45) is 5.92 Å². The molecule has 188 valence electrons. The van der Waals surface area contributed by atoms with Gasteiger partial charge in [0.15, 0.2) is 0 Å². The average Bonchev–Trinajstić information content (AvgIpc) is 2.95. The zero-order chi connectivity index (χ0) is 25.9. The molecule has 0 aromatic heterocycles. The molecule has 0 atom stereocenters. The van der Waals surface area contributed by atoms with E-state index in [-0.39, 0.29) is 0 Å². The highest BCUT2D eigenvalue weighted by atomic mass is 16.5. The Morgan fingerprint density at radius 2 is 1.18 bits per heavy atom. The Bertz CT molecular complexity index is 1660. The van der Waals surface area contributed by atoms with Crippen LogP contribution in [-0.4, -0.2) is 0 Å². The molecule has 0 spiro atoms. The average molecular weight is 495 g/mol. The monoisotopic (exact) mass is 494 g/mol. The third-order valence-corrected chi connectivity index (χ3v) is 7.56. The number of aryl methyl sites for hydroxylation is 1. The van der Waals surface area contributed by atoms with Crippen molar-refractivity contribution in [2.45, 2.75) is 39.5 Å². The van der Waals surface area contributed by atoms with E-state index in [0.29, 0.717) is 0 Å². The molecule has 6 aromatic rings. The Morgan fingerprint density at radius 1 is 0.579 bits per heavy atom. The van der Waals surface area contributed by atoms with Crippen LogP contribution in [0.4, 0.5) is 0 Å². The predicted molar refractivity (Wildman–Crippen MR) is 163 cm³/mol. The van der Waals surface area contributed by atoms with Crippen LogP contribution in [0.5, 0.6) is 11.5 Å². The van der Waals surface area contributed by atoms with Crippen molar-refractivity contribution >= 4 is 32.3 Å². The summed E-state index contributed by atoms with van der Waals surface area (Å²) in [7, 11) is 0. The molecule has 0 saturated heterocycles. The van der Waals surface area contributed by atoms with Gasteiger partial charge in [0.05, 0.1) is 0 Å². The first-order valence-electron chi connectivity index (χ1n) is 13.9. The maximum absolute atomic E-state index is 6.82. The van der Waals surface area contributed by atoms with Crippen molar-refractivity contribution in [1.82, 2.24) is 0 Å². The molecule has 1 nitrogen and oxygen atoms in total. The number of fused-ring (bicyclic) bond motifs is 3. The molecule has 0 radical (unpaired) electrons. The molecule has 38 heavy (non-hydrogen) atoms. The summed E-state index contributed by atoms with van der Waals surface area (Å²) < 4.78 is 6.82. The van der Waals surface area contributed by atoms with E-state index in [1.807, 2.05) is 0 Å². The topological polar surface area (TPSA) is 9.23 Å². The summed E-state index contributed by atoms with van der Waals surface area (Å²) in [6.45, 7) is 4.62. The van der Waals surface area contributed by atoms with Gasteiger partial charge in [-0.1, -0.05) is 136 Å². The number of ether oxygens (including phenoxy) is 1. The van der Waals surface area contributed by atoms with E-state index in [1.165, 1.54) is 52.1 Å². The second kappa shape index (κ2) is 10.7. The van der Waals surface area contributed by atoms with Gasteiger partial charge in [0, 0.05) is 16.2 Å². The lowest BCUT2D eigenvalue weighted by molar-refractivity contribution is 0.499. The zero-order valence-corrected chi connectivity index (χ0v) is 22.3. The van der Waals surface area contributed by atoms with Gasteiger partial charge in [-0.2, -0.15) is 0 Å². The Morgan fingerprint density at radius 3 is 1.89 bits per heavy atom. The van der Waals surface area contributed by atoms with Crippen LogP contribution in [0.3, 0.4) is 0 Å². The lowest BCUT2D eigenvalue weighted by atomic mass is 9.90. The second-order valence-electron chi connectivity index (χ2n) is 10.7. The maximum Gasteiger partial charge on any atom is 0.143 e. The van der Waals surface area contributed by atoms with Crippen LogP contribution in [0.15, 0.2) is 115 Å². The van der Waals surface area contributed by atoms with Crippen LogP contribution in [0, 0.1) is 5.92 Å². The summed E-state index contributed by atoms with van der Waals surface area (Å²) in [5.41, 5.74) is 3.97. The maximum atomic E-state index is 6.82. The van der Waals surface area contributed by atoms with Crippen LogP contribution < -0.4 is 4.74 Å². The summed E-state index contributed by atoms with van der Waals surface area (Å²) in [6.07, 6.45) is 4.95. The molecule has 1 heteroatoms. The van der Waals surface area contributed by atoms with Crippen molar-refractivity contribution < 1.29 is 4.74 Å². The summed E-state index contributed by atoms with van der Waals surface area (Å²) in [5.74, 6) is 2.57. The number of benzene rings is 6. The number of unbranched alkanes of at least 4 members (excludes halogenated alkanes) is 1. The minimum Gasteiger partial charge on any atom is -0.455 e. The minimum atomic E-state index is 0.772. The smallest absolute Gasteiger partial charge is 0.143 e. The number of hydrogen-bond acceptors (Lipinski definition) is 1. The van der Waals surface area contributed by atoms with E-state index in [4.69, 9.17) is 4.74 Å². The molecule has 0 aliphatic heterocycles. The van der Waals surface area contributed by atoms with E-state index in [0.717, 1.165) is 40.0 Å². The molecule has 6 rings (SSSR count). The Balaban J connectivity index is 1.49. The fraction of sp³-hybridized carbons (Fsp3) is 0.189. The van der Waals surface area contributed by atoms with Crippen molar-refractivity contribution in [1.29, 1.82) is 0 Å². The lowest BCUT2D eigenvalue weighted by Crippen LogP contribution is -1.94. The van der Waals surface area contributed by atoms with Gasteiger partial charge in [-0.15, -0.1) is 0 Å². The summed E-state index contributed by atoms with van der Waals surface area (Å²) in [4.78, 5) is 0. The number of rotatable bonds is 8. The first-order valence-corrected chi connectivity index (χ1v) is 13.9. The molecule has 0 heterocycles. The minimum absolute atomic E-state index is 0.772. The van der Waals surface area contributed by atoms with Crippen LogP contribution in [0.2, 0.25) is 0 Å². The Hall–Kier alpha value is -4.10. The molecule has 0 saturated carbocycles. The van der Waals surface area contributed by atoms with Gasteiger partial charge in [0.25, 0.3) is 0 Å². The Kier molecular flexibility index (Phi) is 6.84. The highest BCUT2D eigenvalue weighted by molar-refractivity contribution is 6.17. The molecule has 0 fully saturated rings. The third kappa shape index (κ3) is 4.77. The predicted octanol–water partition coefficient (Wildman–Crippen LogP) is 11.0. The van der Waals surface area contributed by atoms with E-state index in [9.17, 15) is 0 Å². The zero-order valence-electron chi connectivity index (χ0n) is 22.3. The molecule has 0 N–H and O–H groups in total. The van der Waals surface area contributed by atoms with Crippen molar-refractivity contribution in [3.8, 4) is 22.6 Å². The van der Waals surface area contributed by atoms with Gasteiger partial charge in [-0.25, -0.2) is 0 Å². The van der Waals surface area contributed by atoms with E-state index in [1.54, 1.807) is 0 Å². The first kappa shape index (κ1) is 24.2. The van der Waals surface area contributed by atoms with E-state index >= 15 is 0 Å². The molecule has 0 aliphatic rings. The van der Waals surface area contributed by atoms with Gasteiger partial charge >= 0.3 is 0 Å². The SMILES string of the molecule is CC(C)CCCCc1cccc(-c2c3ccccc3c(Oc3cccc4ccccc34)c3ccccc23)c1.